The summed E-state index contributed by atoms with van der Waals surface area (Å²) in [6.45, 7) is 15.8. The first-order valence-electron chi connectivity index (χ1n) is 10.3. The second kappa shape index (κ2) is 6.88. The Morgan fingerprint density at radius 1 is 0.966 bits per heavy atom. The zero-order chi connectivity index (χ0) is 20.8. The van der Waals surface area contributed by atoms with Crippen molar-refractivity contribution in [3.63, 3.8) is 0 Å². The largest absolute Gasteiger partial charge is 0.348 e. The van der Waals surface area contributed by atoms with Crippen LogP contribution in [-0.2, 0) is 17.3 Å². The number of hydrogen-bond acceptors (Lipinski definition) is 1. The van der Waals surface area contributed by atoms with Crippen molar-refractivity contribution >= 4 is 5.57 Å². The van der Waals surface area contributed by atoms with Crippen LogP contribution < -0.4 is 0 Å². The van der Waals surface area contributed by atoms with Gasteiger partial charge in [-0.2, -0.15) is 0 Å². The van der Waals surface area contributed by atoms with E-state index in [9.17, 15) is 0 Å². The van der Waals surface area contributed by atoms with Crippen molar-refractivity contribution in [2.24, 2.45) is 0 Å². The molecule has 0 saturated carbocycles. The molecule has 0 spiro atoms. The number of nitrogens with zero attached hydrogens (tertiary/aromatic N) is 1. The monoisotopic (exact) mass is 382 g/mol. The number of nitrogens with one attached hydrogen (secondary N) is 1. The minimum Gasteiger partial charge on any atom is -0.348 e. The van der Waals surface area contributed by atoms with Gasteiger partial charge in [0.1, 0.15) is 5.82 Å². The van der Waals surface area contributed by atoms with Gasteiger partial charge in [0.15, 0.2) is 0 Å². The molecule has 1 aromatic heterocycles. The van der Waals surface area contributed by atoms with Gasteiger partial charge in [-0.05, 0) is 51.9 Å². The van der Waals surface area contributed by atoms with Crippen LogP contribution in [0.25, 0.3) is 5.57 Å². The third kappa shape index (κ3) is 3.60. The molecule has 0 amide bonds. The summed E-state index contributed by atoms with van der Waals surface area (Å²) >= 11 is 0. The molecule has 0 atom stereocenters. The van der Waals surface area contributed by atoms with E-state index < -0.39 is 0 Å². The molecule has 1 N–H and O–H groups in total. The summed E-state index contributed by atoms with van der Waals surface area (Å²) in [5.74, 6) is 0.986. The molecule has 0 aliphatic heterocycles. The molecule has 0 radical (unpaired) electrons. The Hall–Kier alpha value is -2.87. The number of fused-ring (bicyclic) bond motifs is 1. The van der Waals surface area contributed by atoms with Crippen LogP contribution >= 0.6 is 0 Å². The minimum absolute atomic E-state index is 0.0283. The van der Waals surface area contributed by atoms with Gasteiger partial charge in [0.25, 0.3) is 0 Å². The van der Waals surface area contributed by atoms with Gasteiger partial charge in [0.2, 0.25) is 0 Å². The number of aryl methyl sites for hydroxylation is 1. The topological polar surface area (TPSA) is 28.7 Å². The van der Waals surface area contributed by atoms with Crippen molar-refractivity contribution in [3.05, 3.63) is 107 Å². The second-order valence-corrected chi connectivity index (χ2v) is 9.38. The number of aromatic amines is 1. The van der Waals surface area contributed by atoms with E-state index in [4.69, 9.17) is 0 Å². The third-order valence-corrected chi connectivity index (χ3v) is 6.22. The molecule has 0 bridgehead atoms. The first-order chi connectivity index (χ1) is 13.7. The average Bonchev–Trinajstić information content (AvgIpc) is 3.18. The maximum Gasteiger partial charge on any atom is 0.110 e. The Bertz CT molecular complexity index is 1080. The molecular weight excluding hydrogens is 352 g/mol. The summed E-state index contributed by atoms with van der Waals surface area (Å²) in [6, 6.07) is 13.4. The summed E-state index contributed by atoms with van der Waals surface area (Å²) in [5.41, 5.74) is 8.93. The lowest BCUT2D eigenvalue weighted by Gasteiger charge is -2.37. The van der Waals surface area contributed by atoms with Gasteiger partial charge >= 0.3 is 0 Å². The summed E-state index contributed by atoms with van der Waals surface area (Å²) in [4.78, 5) is 7.48. The fourth-order valence-electron chi connectivity index (χ4n) is 4.26. The van der Waals surface area contributed by atoms with E-state index in [0.29, 0.717) is 0 Å². The zero-order valence-corrected chi connectivity index (χ0v) is 18.1. The van der Waals surface area contributed by atoms with Crippen molar-refractivity contribution in [2.75, 3.05) is 0 Å². The third-order valence-electron chi connectivity index (χ3n) is 6.22. The maximum absolute atomic E-state index is 4.46. The minimum atomic E-state index is 0.0283. The van der Waals surface area contributed by atoms with Crippen molar-refractivity contribution in [2.45, 2.75) is 51.9 Å². The Balaban J connectivity index is 1.68. The van der Waals surface area contributed by atoms with E-state index in [1.54, 1.807) is 6.20 Å². The SMILES string of the molecule is C=C(c1ccc(Cc2ncc[nH]2)cc1)c1cc2c(cc1C)C(C)(C)C=CC2(C)C. The first kappa shape index (κ1) is 19.4. The van der Waals surface area contributed by atoms with Crippen LogP contribution in [0.4, 0.5) is 0 Å². The summed E-state index contributed by atoms with van der Waals surface area (Å²) in [5, 5.41) is 0. The van der Waals surface area contributed by atoms with Crippen molar-refractivity contribution < 1.29 is 0 Å². The van der Waals surface area contributed by atoms with Crippen LogP contribution in [0.2, 0.25) is 0 Å². The Kier molecular flexibility index (Phi) is 4.61. The molecule has 2 nitrogen and oxygen atoms in total. The molecule has 0 saturated heterocycles. The molecule has 1 aliphatic carbocycles. The molecule has 0 fully saturated rings. The van der Waals surface area contributed by atoms with Crippen molar-refractivity contribution in [1.82, 2.24) is 9.97 Å². The van der Waals surface area contributed by atoms with Gasteiger partial charge in [-0.3, -0.25) is 0 Å². The van der Waals surface area contributed by atoms with E-state index in [2.05, 4.69) is 99.7 Å². The zero-order valence-electron chi connectivity index (χ0n) is 18.1. The lowest BCUT2D eigenvalue weighted by Crippen LogP contribution is -2.29. The van der Waals surface area contributed by atoms with Crippen LogP contribution in [0, 0.1) is 6.92 Å². The quantitative estimate of drug-likeness (QED) is 0.513. The molecule has 2 aromatic carbocycles. The molecule has 3 aromatic rings. The van der Waals surface area contributed by atoms with E-state index in [-0.39, 0.29) is 10.8 Å². The highest BCUT2D eigenvalue weighted by Gasteiger charge is 2.33. The van der Waals surface area contributed by atoms with Crippen molar-refractivity contribution in [1.29, 1.82) is 0 Å². The number of hydrogen-bond donors (Lipinski definition) is 1. The van der Waals surface area contributed by atoms with Gasteiger partial charge in [0.05, 0.1) is 0 Å². The molecule has 4 rings (SSSR count). The Morgan fingerprint density at radius 3 is 2.17 bits per heavy atom. The molecule has 1 aliphatic rings. The Morgan fingerprint density at radius 2 is 1.59 bits per heavy atom. The van der Waals surface area contributed by atoms with Gasteiger partial charge in [-0.25, -0.2) is 4.98 Å². The molecule has 1 heterocycles. The summed E-state index contributed by atoms with van der Waals surface area (Å²) < 4.78 is 0. The van der Waals surface area contributed by atoms with Crippen molar-refractivity contribution in [3.8, 4) is 0 Å². The highest BCUT2D eigenvalue weighted by Crippen LogP contribution is 2.43. The van der Waals surface area contributed by atoms with Crippen LogP contribution in [0.15, 0.2) is 67.5 Å². The molecule has 29 heavy (non-hydrogen) atoms. The highest BCUT2D eigenvalue weighted by atomic mass is 14.9. The van der Waals surface area contributed by atoms with Crippen LogP contribution in [0.1, 0.15) is 66.9 Å². The van der Waals surface area contributed by atoms with Gasteiger partial charge in [-0.1, -0.05) is 76.8 Å². The molecule has 0 unspecified atom stereocenters. The maximum atomic E-state index is 4.46. The average molecular weight is 383 g/mol. The standard InChI is InChI=1S/C27H30N2/c1-18-15-23-24(27(5,6)12-11-26(23,3)4)17-22(18)19(2)21-9-7-20(8-10-21)16-25-28-13-14-29-25/h7-15,17H,2,16H2,1,3-6H3,(H,28,29). The fourth-order valence-corrected chi connectivity index (χ4v) is 4.26. The number of imidazole rings is 1. The smallest absolute Gasteiger partial charge is 0.110 e. The highest BCUT2D eigenvalue weighted by molar-refractivity contribution is 5.81. The number of rotatable bonds is 4. The van der Waals surface area contributed by atoms with Gasteiger partial charge < -0.3 is 4.98 Å². The number of H-pyrrole nitrogens is 1. The number of allylic oxidation sites excluding steroid dienone is 2. The number of aromatic nitrogens is 2. The summed E-state index contributed by atoms with van der Waals surface area (Å²) in [7, 11) is 0. The van der Waals surface area contributed by atoms with E-state index in [0.717, 1.165) is 17.8 Å². The van der Waals surface area contributed by atoms with Crippen LogP contribution in [-0.4, -0.2) is 9.97 Å². The van der Waals surface area contributed by atoms with Crippen LogP contribution in [0.3, 0.4) is 0 Å². The van der Waals surface area contributed by atoms with E-state index in [1.165, 1.54) is 33.4 Å². The lowest BCUT2D eigenvalue weighted by molar-refractivity contribution is 0.562. The number of benzene rings is 2. The van der Waals surface area contributed by atoms with Crippen LogP contribution in [0.5, 0.6) is 0 Å². The molecular formula is C27H30N2. The second-order valence-electron chi connectivity index (χ2n) is 9.38. The molecule has 2 heteroatoms. The van der Waals surface area contributed by atoms with Gasteiger partial charge in [-0.15, -0.1) is 0 Å². The first-order valence-corrected chi connectivity index (χ1v) is 10.3. The molecule has 148 valence electrons. The van der Waals surface area contributed by atoms with E-state index in [1.807, 2.05) is 6.20 Å². The van der Waals surface area contributed by atoms with Gasteiger partial charge in [0, 0.05) is 29.6 Å². The predicted octanol–water partition coefficient (Wildman–Crippen LogP) is 6.50. The summed E-state index contributed by atoms with van der Waals surface area (Å²) in [6.07, 6.45) is 9.17. The lowest BCUT2D eigenvalue weighted by atomic mass is 9.67. The normalized spacial score (nSPS) is 16.4. The predicted molar refractivity (Wildman–Crippen MR) is 122 cm³/mol. The van der Waals surface area contributed by atoms with E-state index >= 15 is 0 Å². The Labute approximate surface area is 174 Å². The fraction of sp³-hybridized carbons (Fsp3) is 0.296.